The minimum absolute atomic E-state index is 0.247. The van der Waals surface area contributed by atoms with Crippen LogP contribution in [0.3, 0.4) is 0 Å². The number of ether oxygens (including phenoxy) is 1. The van der Waals surface area contributed by atoms with Crippen LogP contribution in [0, 0.1) is 0 Å². The molecule has 0 aliphatic carbocycles. The number of hydrogen-bond acceptors (Lipinski definition) is 2. The Labute approximate surface area is 127 Å². The summed E-state index contributed by atoms with van der Waals surface area (Å²) >= 11 is 0. The first-order chi connectivity index (χ1) is 10.3. The molecule has 1 aromatic heterocycles. The van der Waals surface area contributed by atoms with Gasteiger partial charge in [-0.1, -0.05) is 25.1 Å². The van der Waals surface area contributed by atoms with Gasteiger partial charge in [-0.2, -0.15) is 0 Å². The van der Waals surface area contributed by atoms with Crippen LogP contribution in [0.15, 0.2) is 30.5 Å². The van der Waals surface area contributed by atoms with Gasteiger partial charge in [0, 0.05) is 25.4 Å². The normalized spacial score (nSPS) is 20.2. The van der Waals surface area contributed by atoms with E-state index in [0.29, 0.717) is 6.10 Å². The summed E-state index contributed by atoms with van der Waals surface area (Å²) in [5.74, 6) is 0. The first-order valence-electron chi connectivity index (χ1n) is 8.22. The molecule has 0 saturated carbocycles. The van der Waals surface area contributed by atoms with Crippen molar-refractivity contribution in [1.82, 2.24) is 4.57 Å². The van der Waals surface area contributed by atoms with Gasteiger partial charge in [-0.25, -0.2) is 0 Å². The van der Waals surface area contributed by atoms with Crippen LogP contribution in [0.1, 0.15) is 38.2 Å². The molecule has 2 atom stereocenters. The molecule has 1 aliphatic rings. The number of benzene rings is 1. The van der Waals surface area contributed by atoms with Gasteiger partial charge in [0.15, 0.2) is 0 Å². The smallest absolute Gasteiger partial charge is 0.0593 e. The molecule has 2 N–H and O–H groups in total. The van der Waals surface area contributed by atoms with Gasteiger partial charge in [0.2, 0.25) is 0 Å². The van der Waals surface area contributed by atoms with Crippen LogP contribution in [0.25, 0.3) is 10.9 Å². The number of aromatic nitrogens is 1. The number of hydrogen-bond donors (Lipinski definition) is 1. The van der Waals surface area contributed by atoms with Crippen LogP contribution in [-0.2, 0) is 17.7 Å². The second kappa shape index (κ2) is 6.63. The van der Waals surface area contributed by atoms with E-state index in [1.807, 2.05) is 0 Å². The van der Waals surface area contributed by atoms with Crippen molar-refractivity contribution in [3.05, 3.63) is 36.0 Å². The minimum atomic E-state index is 0.247. The van der Waals surface area contributed by atoms with Crippen LogP contribution in [0.2, 0.25) is 0 Å². The van der Waals surface area contributed by atoms with Crippen LogP contribution < -0.4 is 5.73 Å². The Kier molecular flexibility index (Phi) is 4.61. The zero-order valence-corrected chi connectivity index (χ0v) is 12.9. The van der Waals surface area contributed by atoms with Crippen molar-refractivity contribution < 1.29 is 4.74 Å². The molecule has 114 valence electrons. The highest BCUT2D eigenvalue weighted by Crippen LogP contribution is 2.24. The maximum Gasteiger partial charge on any atom is 0.0593 e. The summed E-state index contributed by atoms with van der Waals surface area (Å²) in [5, 5.41) is 1.32. The summed E-state index contributed by atoms with van der Waals surface area (Å²) < 4.78 is 8.13. The predicted molar refractivity (Wildman–Crippen MR) is 87.5 cm³/mol. The molecule has 0 bridgehead atoms. The Morgan fingerprint density at radius 2 is 2.29 bits per heavy atom. The highest BCUT2D eigenvalue weighted by atomic mass is 16.5. The third kappa shape index (κ3) is 3.30. The van der Waals surface area contributed by atoms with E-state index in [-0.39, 0.29) is 6.04 Å². The molecule has 3 rings (SSSR count). The van der Waals surface area contributed by atoms with Gasteiger partial charge in [0.25, 0.3) is 0 Å². The largest absolute Gasteiger partial charge is 0.378 e. The third-order valence-corrected chi connectivity index (χ3v) is 4.59. The molecule has 3 nitrogen and oxygen atoms in total. The van der Waals surface area contributed by atoms with Crippen LogP contribution >= 0.6 is 0 Å². The SMILES string of the molecule is CCC(N)Cc1cccc2ccn(CCC3CCCO3)c12. The van der Waals surface area contributed by atoms with E-state index in [1.165, 1.54) is 29.3 Å². The highest BCUT2D eigenvalue weighted by Gasteiger charge is 2.16. The van der Waals surface area contributed by atoms with E-state index in [9.17, 15) is 0 Å². The molecular formula is C18H26N2O. The molecule has 2 aromatic rings. The number of rotatable bonds is 6. The van der Waals surface area contributed by atoms with E-state index in [1.54, 1.807) is 0 Å². The van der Waals surface area contributed by atoms with Gasteiger partial charge in [-0.05, 0) is 49.1 Å². The first kappa shape index (κ1) is 14.6. The Morgan fingerprint density at radius 3 is 3.05 bits per heavy atom. The fourth-order valence-corrected chi connectivity index (χ4v) is 3.27. The molecule has 1 saturated heterocycles. The van der Waals surface area contributed by atoms with E-state index in [4.69, 9.17) is 10.5 Å². The lowest BCUT2D eigenvalue weighted by molar-refractivity contribution is 0.101. The summed E-state index contributed by atoms with van der Waals surface area (Å²) in [6.07, 6.45) is 8.18. The van der Waals surface area contributed by atoms with E-state index < -0.39 is 0 Å². The van der Waals surface area contributed by atoms with Gasteiger partial charge >= 0.3 is 0 Å². The van der Waals surface area contributed by atoms with E-state index in [2.05, 4.69) is 42.0 Å². The first-order valence-corrected chi connectivity index (χ1v) is 8.22. The number of aryl methyl sites for hydroxylation is 1. The molecule has 0 radical (unpaired) electrons. The lowest BCUT2D eigenvalue weighted by Crippen LogP contribution is -2.21. The molecule has 0 amide bonds. The quantitative estimate of drug-likeness (QED) is 0.883. The van der Waals surface area contributed by atoms with Crippen molar-refractivity contribution >= 4 is 10.9 Å². The van der Waals surface area contributed by atoms with Crippen LogP contribution in [0.4, 0.5) is 0 Å². The van der Waals surface area contributed by atoms with Crippen molar-refractivity contribution in [2.75, 3.05) is 6.61 Å². The van der Waals surface area contributed by atoms with Crippen LogP contribution in [0.5, 0.6) is 0 Å². The molecule has 3 heteroatoms. The highest BCUT2D eigenvalue weighted by molar-refractivity contribution is 5.83. The Balaban J connectivity index is 1.80. The third-order valence-electron chi connectivity index (χ3n) is 4.59. The van der Waals surface area contributed by atoms with Gasteiger partial charge in [-0.3, -0.25) is 0 Å². The van der Waals surface area contributed by atoms with E-state index in [0.717, 1.165) is 32.4 Å². The zero-order chi connectivity index (χ0) is 14.7. The van der Waals surface area contributed by atoms with Gasteiger partial charge in [-0.15, -0.1) is 0 Å². The number of para-hydroxylation sites is 1. The van der Waals surface area contributed by atoms with Crippen LogP contribution in [-0.4, -0.2) is 23.3 Å². The van der Waals surface area contributed by atoms with Crippen molar-refractivity contribution in [3.8, 4) is 0 Å². The minimum Gasteiger partial charge on any atom is -0.378 e. The molecule has 1 fully saturated rings. The summed E-state index contributed by atoms with van der Waals surface area (Å²) in [7, 11) is 0. The monoisotopic (exact) mass is 286 g/mol. The molecule has 0 spiro atoms. The average molecular weight is 286 g/mol. The van der Waals surface area contributed by atoms with Crippen molar-refractivity contribution in [3.63, 3.8) is 0 Å². The predicted octanol–water partition coefficient (Wildman–Crippen LogP) is 3.49. The standard InChI is InChI=1S/C18H26N2O/c1-2-16(19)13-15-6-3-5-14-8-10-20(18(14)15)11-9-17-7-4-12-21-17/h3,5-6,8,10,16-17H,2,4,7,9,11-13,19H2,1H3. The second-order valence-corrected chi connectivity index (χ2v) is 6.16. The fraction of sp³-hybridized carbons (Fsp3) is 0.556. The summed E-state index contributed by atoms with van der Waals surface area (Å²) in [4.78, 5) is 0. The summed E-state index contributed by atoms with van der Waals surface area (Å²) in [6, 6.07) is 9.02. The molecule has 1 aromatic carbocycles. The lowest BCUT2D eigenvalue weighted by Gasteiger charge is -2.15. The maximum atomic E-state index is 6.16. The zero-order valence-electron chi connectivity index (χ0n) is 12.9. The Bertz CT molecular complexity index is 584. The number of fused-ring (bicyclic) bond motifs is 1. The molecular weight excluding hydrogens is 260 g/mol. The van der Waals surface area contributed by atoms with Crippen molar-refractivity contribution in [2.24, 2.45) is 5.73 Å². The van der Waals surface area contributed by atoms with Crippen molar-refractivity contribution in [2.45, 2.75) is 57.7 Å². The number of nitrogens with zero attached hydrogens (tertiary/aromatic N) is 1. The molecule has 1 aliphatic heterocycles. The van der Waals surface area contributed by atoms with Gasteiger partial charge in [0.1, 0.15) is 0 Å². The van der Waals surface area contributed by atoms with Gasteiger partial charge < -0.3 is 15.0 Å². The Morgan fingerprint density at radius 1 is 1.38 bits per heavy atom. The topological polar surface area (TPSA) is 40.2 Å². The van der Waals surface area contributed by atoms with E-state index >= 15 is 0 Å². The number of nitrogens with two attached hydrogens (primary N) is 1. The maximum absolute atomic E-state index is 6.16. The summed E-state index contributed by atoms with van der Waals surface area (Å²) in [5.41, 5.74) is 8.89. The van der Waals surface area contributed by atoms with Crippen molar-refractivity contribution in [1.29, 1.82) is 0 Å². The summed E-state index contributed by atoms with van der Waals surface area (Å²) in [6.45, 7) is 4.13. The molecule has 2 heterocycles. The van der Waals surface area contributed by atoms with Gasteiger partial charge in [0.05, 0.1) is 11.6 Å². The Hall–Kier alpha value is -1.32. The molecule has 21 heavy (non-hydrogen) atoms. The second-order valence-electron chi connectivity index (χ2n) is 6.16. The molecule has 2 unspecified atom stereocenters. The lowest BCUT2D eigenvalue weighted by atomic mass is 10.0. The average Bonchev–Trinajstić information content (AvgIpc) is 3.14. The fourth-order valence-electron chi connectivity index (χ4n) is 3.27.